The third-order valence-electron chi connectivity index (χ3n) is 10.1. The summed E-state index contributed by atoms with van der Waals surface area (Å²) < 4.78 is 9.34. The molecule has 10 rings (SSSR count). The number of benzene rings is 7. The molecule has 2 aromatic heterocycles. The normalized spacial score (nSPS) is 13.7. The van der Waals surface area contributed by atoms with E-state index in [0.29, 0.717) is 0 Å². The van der Waals surface area contributed by atoms with E-state index in [1.54, 1.807) is 0 Å². The highest BCUT2D eigenvalue weighted by Crippen LogP contribution is 2.54. The van der Waals surface area contributed by atoms with Crippen LogP contribution in [0.3, 0.4) is 0 Å². The second-order valence-corrected chi connectivity index (χ2v) is 13.0. The predicted molar refractivity (Wildman–Crippen MR) is 189 cm³/mol. The molecule has 0 spiro atoms. The monoisotopic (exact) mass is 575 g/mol. The Bertz CT molecular complexity index is 2680. The van der Waals surface area contributed by atoms with Gasteiger partial charge in [0.05, 0.1) is 11.0 Å². The number of rotatable bonds is 2. The molecular formula is C43H29NO. The van der Waals surface area contributed by atoms with Gasteiger partial charge in [0, 0.05) is 38.4 Å². The zero-order valence-electron chi connectivity index (χ0n) is 25.1. The first-order valence-corrected chi connectivity index (χ1v) is 15.7. The molecule has 212 valence electrons. The Morgan fingerprint density at radius 1 is 0.533 bits per heavy atom. The smallest absolute Gasteiger partial charge is 0.159 e. The Morgan fingerprint density at radius 2 is 1.18 bits per heavy atom. The van der Waals surface area contributed by atoms with Crippen LogP contribution in [0.25, 0.3) is 82.5 Å². The number of hydrogen-bond acceptors (Lipinski definition) is 1. The zero-order valence-corrected chi connectivity index (χ0v) is 25.1. The molecule has 0 aliphatic heterocycles. The van der Waals surface area contributed by atoms with E-state index in [-0.39, 0.29) is 5.41 Å². The minimum absolute atomic E-state index is 0.132. The molecular weight excluding hydrogens is 546 g/mol. The van der Waals surface area contributed by atoms with Crippen LogP contribution >= 0.6 is 0 Å². The van der Waals surface area contributed by atoms with Gasteiger partial charge in [-0.05, 0) is 68.6 Å². The lowest BCUT2D eigenvalue weighted by Crippen LogP contribution is -2.14. The molecule has 0 radical (unpaired) electrons. The molecule has 0 saturated carbocycles. The maximum Gasteiger partial charge on any atom is 0.159 e. The van der Waals surface area contributed by atoms with Crippen LogP contribution in [0.15, 0.2) is 144 Å². The van der Waals surface area contributed by atoms with Gasteiger partial charge >= 0.3 is 0 Å². The molecule has 0 amide bonds. The van der Waals surface area contributed by atoms with Crippen LogP contribution in [0.4, 0.5) is 0 Å². The highest BCUT2D eigenvalue weighted by molar-refractivity contribution is 6.18. The number of nitrogens with zero attached hydrogens (tertiary/aromatic N) is 1. The van der Waals surface area contributed by atoms with E-state index in [4.69, 9.17) is 4.42 Å². The van der Waals surface area contributed by atoms with Crippen molar-refractivity contribution in [3.63, 3.8) is 0 Å². The number of fused-ring (bicyclic) bond motifs is 11. The molecule has 0 unspecified atom stereocenters. The molecule has 0 saturated heterocycles. The lowest BCUT2D eigenvalue weighted by molar-refractivity contribution is 0.621. The summed E-state index contributed by atoms with van der Waals surface area (Å²) in [4.78, 5) is 0. The quantitative estimate of drug-likeness (QED) is 0.200. The van der Waals surface area contributed by atoms with Crippen LogP contribution in [-0.4, -0.2) is 4.57 Å². The summed E-state index contributed by atoms with van der Waals surface area (Å²) in [6.07, 6.45) is 0. The molecule has 0 fully saturated rings. The lowest BCUT2D eigenvalue weighted by Gasteiger charge is -2.20. The van der Waals surface area contributed by atoms with Crippen LogP contribution in [-0.2, 0) is 5.41 Å². The van der Waals surface area contributed by atoms with Gasteiger partial charge in [-0.3, -0.25) is 0 Å². The van der Waals surface area contributed by atoms with Crippen molar-refractivity contribution in [2.75, 3.05) is 0 Å². The summed E-state index contributed by atoms with van der Waals surface area (Å²) in [6, 6.07) is 50.9. The van der Waals surface area contributed by atoms with Crippen molar-refractivity contribution in [2.24, 2.45) is 0 Å². The van der Waals surface area contributed by atoms with Crippen molar-refractivity contribution in [1.82, 2.24) is 4.57 Å². The minimum Gasteiger partial charge on any atom is -0.453 e. The van der Waals surface area contributed by atoms with Crippen LogP contribution < -0.4 is 0 Å². The highest BCUT2D eigenvalue weighted by atomic mass is 16.3. The SMILES string of the molecule is CC1(C)c2ccccc2-c2oc3c(ccc4c5ccccc5n(-c5ccc6cc(-c7ccc8ccccc8c7)ccc6c5)c43)c21. The predicted octanol–water partition coefficient (Wildman–Crippen LogP) is 11.8. The lowest BCUT2D eigenvalue weighted by atomic mass is 9.81. The first kappa shape index (κ1) is 24.8. The number of hydrogen-bond donors (Lipinski definition) is 0. The van der Waals surface area contributed by atoms with E-state index in [2.05, 4.69) is 158 Å². The molecule has 2 heteroatoms. The van der Waals surface area contributed by atoms with E-state index in [9.17, 15) is 0 Å². The fourth-order valence-electron chi connectivity index (χ4n) is 7.96. The number of aromatic nitrogens is 1. The summed E-state index contributed by atoms with van der Waals surface area (Å²) >= 11 is 0. The Labute approximate surface area is 260 Å². The first-order valence-electron chi connectivity index (χ1n) is 15.7. The van der Waals surface area contributed by atoms with Gasteiger partial charge in [-0.15, -0.1) is 0 Å². The standard InChI is InChI=1S/C43H29NO/c1-43(2)37-13-7-5-12-35(37)41-39(43)36-22-21-34-33-11-6-8-14-38(33)44(40(34)42(36)45-41)32-20-19-30-24-29(17-18-31(30)25-32)28-16-15-26-9-3-4-10-27(26)23-28/h3-25H,1-2H3. The van der Waals surface area contributed by atoms with Gasteiger partial charge in [0.15, 0.2) is 5.58 Å². The number of furan rings is 1. The minimum atomic E-state index is -0.132. The highest BCUT2D eigenvalue weighted by Gasteiger charge is 2.40. The zero-order chi connectivity index (χ0) is 29.9. The second kappa shape index (κ2) is 8.74. The fourth-order valence-corrected chi connectivity index (χ4v) is 7.96. The Morgan fingerprint density at radius 3 is 2.04 bits per heavy atom. The Hall–Kier alpha value is -5.60. The van der Waals surface area contributed by atoms with Gasteiger partial charge in [0.25, 0.3) is 0 Å². The molecule has 1 aliphatic rings. The van der Waals surface area contributed by atoms with Crippen molar-refractivity contribution in [2.45, 2.75) is 19.3 Å². The van der Waals surface area contributed by atoms with Gasteiger partial charge in [-0.1, -0.05) is 123 Å². The van der Waals surface area contributed by atoms with Crippen LogP contribution in [0.2, 0.25) is 0 Å². The summed E-state index contributed by atoms with van der Waals surface area (Å²) in [5.74, 6) is 1.01. The van der Waals surface area contributed by atoms with Crippen LogP contribution in [0.1, 0.15) is 25.0 Å². The molecule has 0 bridgehead atoms. The van der Waals surface area contributed by atoms with Crippen molar-refractivity contribution in [3.05, 3.63) is 151 Å². The van der Waals surface area contributed by atoms with E-state index in [1.807, 2.05) is 0 Å². The summed E-state index contributed by atoms with van der Waals surface area (Å²) in [5.41, 5.74) is 10.6. The van der Waals surface area contributed by atoms with E-state index in [0.717, 1.165) is 22.5 Å². The molecule has 9 aromatic rings. The largest absolute Gasteiger partial charge is 0.453 e. The summed E-state index contributed by atoms with van der Waals surface area (Å²) in [7, 11) is 0. The summed E-state index contributed by atoms with van der Waals surface area (Å²) in [6.45, 7) is 4.64. The maximum atomic E-state index is 6.94. The maximum absolute atomic E-state index is 6.94. The number of para-hydroxylation sites is 1. The van der Waals surface area contributed by atoms with Gasteiger partial charge < -0.3 is 8.98 Å². The third kappa shape index (κ3) is 3.34. The fraction of sp³-hybridized carbons (Fsp3) is 0.0698. The van der Waals surface area contributed by atoms with Crippen LogP contribution in [0, 0.1) is 0 Å². The molecule has 0 N–H and O–H groups in total. The topological polar surface area (TPSA) is 18.1 Å². The van der Waals surface area contributed by atoms with Gasteiger partial charge in [-0.25, -0.2) is 0 Å². The van der Waals surface area contributed by atoms with Crippen molar-refractivity contribution >= 4 is 54.3 Å². The van der Waals surface area contributed by atoms with Crippen LogP contribution in [0.5, 0.6) is 0 Å². The average Bonchev–Trinajstić information content (AvgIpc) is 3.71. The average molecular weight is 576 g/mol. The summed E-state index contributed by atoms with van der Waals surface area (Å²) in [5, 5.41) is 8.61. The second-order valence-electron chi connectivity index (χ2n) is 13.0. The van der Waals surface area contributed by atoms with Crippen molar-refractivity contribution in [3.8, 4) is 28.1 Å². The first-order chi connectivity index (χ1) is 22.1. The van der Waals surface area contributed by atoms with Gasteiger partial charge in [0.2, 0.25) is 0 Å². The molecule has 2 heterocycles. The van der Waals surface area contributed by atoms with Gasteiger partial charge in [0.1, 0.15) is 5.76 Å². The van der Waals surface area contributed by atoms with E-state index in [1.165, 1.54) is 71.0 Å². The molecule has 2 nitrogen and oxygen atoms in total. The molecule has 0 atom stereocenters. The van der Waals surface area contributed by atoms with Gasteiger partial charge in [-0.2, -0.15) is 0 Å². The molecule has 1 aliphatic carbocycles. The van der Waals surface area contributed by atoms with Crippen molar-refractivity contribution in [1.29, 1.82) is 0 Å². The third-order valence-corrected chi connectivity index (χ3v) is 10.1. The Balaban J connectivity index is 1.20. The van der Waals surface area contributed by atoms with E-state index >= 15 is 0 Å². The van der Waals surface area contributed by atoms with E-state index < -0.39 is 0 Å². The Kier molecular flexibility index (Phi) is 4.82. The molecule has 45 heavy (non-hydrogen) atoms. The molecule has 7 aromatic carbocycles. The van der Waals surface area contributed by atoms with Crippen molar-refractivity contribution < 1.29 is 4.42 Å².